The van der Waals surface area contributed by atoms with Crippen LogP contribution in [0.4, 0.5) is 4.79 Å². The highest BCUT2D eigenvalue weighted by molar-refractivity contribution is 6.11. The summed E-state index contributed by atoms with van der Waals surface area (Å²) in [5.74, 6) is -1.53. The van der Waals surface area contributed by atoms with Gasteiger partial charge in [0.1, 0.15) is 0 Å². The molecular formula is C14H15NO5. The molecule has 1 fully saturated rings. The fraction of sp³-hybridized carbons (Fsp3) is 0.357. The van der Waals surface area contributed by atoms with E-state index < -0.39 is 30.1 Å². The minimum absolute atomic E-state index is 0.119. The largest absolute Gasteiger partial charge is 0.463 e. The molecule has 0 radical (unpaired) electrons. The van der Waals surface area contributed by atoms with Crippen molar-refractivity contribution in [2.24, 2.45) is 0 Å². The van der Waals surface area contributed by atoms with Gasteiger partial charge in [0.25, 0.3) is 12.0 Å². The van der Waals surface area contributed by atoms with E-state index in [1.165, 1.54) is 0 Å². The van der Waals surface area contributed by atoms with Gasteiger partial charge in [0.2, 0.25) is 0 Å². The van der Waals surface area contributed by atoms with Crippen LogP contribution in [-0.4, -0.2) is 35.6 Å². The van der Waals surface area contributed by atoms with Crippen LogP contribution >= 0.6 is 0 Å². The first-order valence-corrected chi connectivity index (χ1v) is 6.31. The summed E-state index contributed by atoms with van der Waals surface area (Å²) >= 11 is 0. The number of imide groups is 1. The summed E-state index contributed by atoms with van der Waals surface area (Å²) in [4.78, 5) is 36.4. The van der Waals surface area contributed by atoms with Crippen LogP contribution in [0, 0.1) is 0 Å². The number of rotatable bonds is 4. The van der Waals surface area contributed by atoms with Crippen molar-refractivity contribution in [1.82, 2.24) is 4.90 Å². The highest BCUT2D eigenvalue weighted by Gasteiger charge is 2.48. The van der Waals surface area contributed by atoms with Crippen molar-refractivity contribution in [1.29, 1.82) is 0 Å². The normalized spacial score (nSPS) is 19.7. The maximum Gasteiger partial charge on any atom is 0.418 e. The number of benzene rings is 1. The molecule has 1 heterocycles. The molecule has 0 spiro atoms. The maximum absolute atomic E-state index is 12.1. The zero-order chi connectivity index (χ0) is 14.7. The summed E-state index contributed by atoms with van der Waals surface area (Å²) in [6.07, 6.45) is -2.32. The number of hydrogen-bond donors (Lipinski definition) is 0. The van der Waals surface area contributed by atoms with Crippen molar-refractivity contribution in [2.75, 3.05) is 6.61 Å². The molecule has 2 amide bonds. The molecule has 1 saturated heterocycles. The van der Waals surface area contributed by atoms with E-state index in [0.717, 1.165) is 10.5 Å². The van der Waals surface area contributed by atoms with Crippen LogP contribution in [0.25, 0.3) is 0 Å². The van der Waals surface area contributed by atoms with E-state index in [2.05, 4.69) is 0 Å². The molecule has 1 aromatic carbocycles. The molecule has 106 valence electrons. The summed E-state index contributed by atoms with van der Waals surface area (Å²) in [5, 5.41) is 0. The van der Waals surface area contributed by atoms with Crippen molar-refractivity contribution in [3.05, 3.63) is 35.9 Å². The maximum atomic E-state index is 12.1. The first kappa shape index (κ1) is 14.0. The molecule has 2 rings (SSSR count). The lowest BCUT2D eigenvalue weighted by molar-refractivity contribution is -0.155. The number of amides is 2. The van der Waals surface area contributed by atoms with E-state index in [4.69, 9.17) is 9.47 Å². The van der Waals surface area contributed by atoms with Crippen LogP contribution in [0.2, 0.25) is 0 Å². The smallest absolute Gasteiger partial charge is 0.418 e. The Morgan fingerprint density at radius 2 is 2.00 bits per heavy atom. The zero-order valence-electron chi connectivity index (χ0n) is 11.2. The quantitative estimate of drug-likeness (QED) is 0.618. The van der Waals surface area contributed by atoms with Gasteiger partial charge >= 0.3 is 12.1 Å². The van der Waals surface area contributed by atoms with E-state index in [9.17, 15) is 14.4 Å². The van der Waals surface area contributed by atoms with Gasteiger partial charge in [-0.3, -0.25) is 4.79 Å². The van der Waals surface area contributed by atoms with Gasteiger partial charge < -0.3 is 9.47 Å². The summed E-state index contributed by atoms with van der Waals surface area (Å²) in [6.45, 7) is 3.43. The Bertz CT molecular complexity index is 528. The fourth-order valence-corrected chi connectivity index (χ4v) is 2.02. The van der Waals surface area contributed by atoms with E-state index in [1.807, 2.05) is 6.07 Å². The molecule has 1 aliphatic rings. The molecular weight excluding hydrogens is 262 g/mol. The Balaban J connectivity index is 2.19. The monoisotopic (exact) mass is 277 g/mol. The summed E-state index contributed by atoms with van der Waals surface area (Å²) in [6, 6.07) is 8.53. The average Bonchev–Trinajstić information content (AvgIpc) is 2.75. The number of carbonyl (C=O) groups is 3. The van der Waals surface area contributed by atoms with E-state index >= 15 is 0 Å². The second-order valence-electron chi connectivity index (χ2n) is 4.31. The van der Waals surface area contributed by atoms with Crippen LogP contribution in [-0.2, 0) is 19.1 Å². The molecule has 0 N–H and O–H groups in total. The second-order valence-corrected chi connectivity index (χ2v) is 4.31. The van der Waals surface area contributed by atoms with Gasteiger partial charge in [-0.05, 0) is 19.4 Å². The number of carbonyl (C=O) groups excluding carboxylic acids is 3. The number of esters is 1. The topological polar surface area (TPSA) is 72.9 Å². The number of ether oxygens (including phenoxy) is 2. The standard InChI is InChI=1S/C14H15NO5/c1-3-19-13(17)11-12(16)15(14(18)20-11)9(2)10-7-5-4-6-8-10/h4-9,11H,3H2,1-2H3/t9-,11-/m1/s1. The first-order chi connectivity index (χ1) is 9.56. The molecule has 0 bridgehead atoms. The molecule has 0 saturated carbocycles. The minimum Gasteiger partial charge on any atom is -0.463 e. The van der Waals surface area contributed by atoms with Gasteiger partial charge in [-0.25, -0.2) is 14.5 Å². The Kier molecular flexibility index (Phi) is 4.02. The van der Waals surface area contributed by atoms with Gasteiger partial charge in [0, 0.05) is 0 Å². The highest BCUT2D eigenvalue weighted by Crippen LogP contribution is 2.26. The van der Waals surface area contributed by atoms with Crippen molar-refractivity contribution in [2.45, 2.75) is 26.0 Å². The van der Waals surface area contributed by atoms with Crippen molar-refractivity contribution in [3.63, 3.8) is 0 Å². The summed E-state index contributed by atoms with van der Waals surface area (Å²) in [5.41, 5.74) is 0.780. The third-order valence-electron chi connectivity index (χ3n) is 3.05. The van der Waals surface area contributed by atoms with E-state index in [1.54, 1.807) is 38.1 Å². The molecule has 0 aromatic heterocycles. The van der Waals surface area contributed by atoms with Crippen LogP contribution in [0.1, 0.15) is 25.5 Å². The van der Waals surface area contributed by atoms with Gasteiger partial charge in [0.05, 0.1) is 12.6 Å². The van der Waals surface area contributed by atoms with Crippen LogP contribution < -0.4 is 0 Å². The van der Waals surface area contributed by atoms with Crippen molar-refractivity contribution < 1.29 is 23.9 Å². The Morgan fingerprint density at radius 3 is 2.60 bits per heavy atom. The van der Waals surface area contributed by atoms with Crippen LogP contribution in [0.3, 0.4) is 0 Å². The molecule has 6 nitrogen and oxygen atoms in total. The molecule has 0 unspecified atom stereocenters. The number of nitrogens with zero attached hydrogens (tertiary/aromatic N) is 1. The lowest BCUT2D eigenvalue weighted by Gasteiger charge is -2.20. The van der Waals surface area contributed by atoms with Crippen molar-refractivity contribution >= 4 is 18.0 Å². The zero-order valence-corrected chi connectivity index (χ0v) is 11.2. The van der Waals surface area contributed by atoms with E-state index in [0.29, 0.717) is 0 Å². The van der Waals surface area contributed by atoms with Crippen molar-refractivity contribution in [3.8, 4) is 0 Å². The average molecular weight is 277 g/mol. The number of cyclic esters (lactones) is 1. The lowest BCUT2D eigenvalue weighted by atomic mass is 10.1. The predicted octanol–water partition coefficient (Wildman–Crippen LogP) is 1.66. The molecule has 20 heavy (non-hydrogen) atoms. The Labute approximate surface area is 116 Å². The lowest BCUT2D eigenvalue weighted by Crippen LogP contribution is -2.37. The third kappa shape index (κ3) is 2.49. The van der Waals surface area contributed by atoms with Gasteiger partial charge in [-0.1, -0.05) is 30.3 Å². The fourth-order valence-electron chi connectivity index (χ4n) is 2.02. The SMILES string of the molecule is CCOC(=O)[C@@H]1OC(=O)N([C@H](C)c2ccccc2)C1=O. The second kappa shape index (κ2) is 5.73. The summed E-state index contributed by atoms with van der Waals surface area (Å²) in [7, 11) is 0. The first-order valence-electron chi connectivity index (χ1n) is 6.31. The molecule has 1 aromatic rings. The van der Waals surface area contributed by atoms with Crippen LogP contribution in [0.15, 0.2) is 30.3 Å². The molecule has 6 heteroatoms. The number of hydrogen-bond acceptors (Lipinski definition) is 5. The Hall–Kier alpha value is -2.37. The van der Waals surface area contributed by atoms with Crippen LogP contribution in [0.5, 0.6) is 0 Å². The molecule has 2 atom stereocenters. The highest BCUT2D eigenvalue weighted by atomic mass is 16.6. The Morgan fingerprint density at radius 1 is 1.35 bits per heavy atom. The predicted molar refractivity (Wildman–Crippen MR) is 68.6 cm³/mol. The summed E-state index contributed by atoms with van der Waals surface area (Å²) < 4.78 is 9.52. The van der Waals surface area contributed by atoms with Gasteiger partial charge in [-0.2, -0.15) is 0 Å². The molecule has 1 aliphatic heterocycles. The van der Waals surface area contributed by atoms with Gasteiger partial charge in [0.15, 0.2) is 0 Å². The molecule has 0 aliphatic carbocycles. The van der Waals surface area contributed by atoms with Gasteiger partial charge in [-0.15, -0.1) is 0 Å². The van der Waals surface area contributed by atoms with E-state index in [-0.39, 0.29) is 6.61 Å². The third-order valence-corrected chi connectivity index (χ3v) is 3.05. The minimum atomic E-state index is -1.49.